The predicted octanol–water partition coefficient (Wildman–Crippen LogP) is 1.97. The molecule has 1 aromatic heterocycles. The standard InChI is InChI=1S/C20H22N2O6S/c1-13(23)29-10-8-16-15(12-27-19(25)14-5-3-2-4-6-14)11-18(28-16)22-9-7-17(24)21-20(22)26/h2-7,9,15-16,18H,8,10-12H2,1H3,(H,21,24,26)/t15-,16-,18+/m1/s1. The van der Waals surface area contributed by atoms with Crippen LogP contribution in [0, 0.1) is 5.92 Å². The summed E-state index contributed by atoms with van der Waals surface area (Å²) < 4.78 is 12.8. The molecule has 0 amide bonds. The highest BCUT2D eigenvalue weighted by atomic mass is 32.2. The lowest BCUT2D eigenvalue weighted by atomic mass is 10.00. The lowest BCUT2D eigenvalue weighted by Crippen LogP contribution is -2.31. The molecule has 9 heteroatoms. The van der Waals surface area contributed by atoms with Gasteiger partial charge in [0.1, 0.15) is 6.23 Å². The number of thioether (sulfide) groups is 1. The first-order chi connectivity index (χ1) is 13.9. The number of aromatic nitrogens is 2. The number of esters is 1. The fourth-order valence-corrected chi connectivity index (χ4v) is 3.89. The monoisotopic (exact) mass is 418 g/mol. The van der Waals surface area contributed by atoms with E-state index in [0.29, 0.717) is 24.2 Å². The zero-order valence-electron chi connectivity index (χ0n) is 15.9. The van der Waals surface area contributed by atoms with E-state index in [1.807, 2.05) is 6.07 Å². The number of hydrogen-bond acceptors (Lipinski definition) is 7. The second kappa shape index (κ2) is 9.71. The molecule has 0 radical (unpaired) electrons. The van der Waals surface area contributed by atoms with Crippen molar-refractivity contribution in [1.82, 2.24) is 9.55 Å². The number of H-pyrrole nitrogens is 1. The van der Waals surface area contributed by atoms with E-state index in [2.05, 4.69) is 4.98 Å². The summed E-state index contributed by atoms with van der Waals surface area (Å²) in [6, 6.07) is 9.95. The molecule has 0 spiro atoms. The summed E-state index contributed by atoms with van der Waals surface area (Å²) in [5.74, 6) is 0.00211. The van der Waals surface area contributed by atoms with E-state index in [1.54, 1.807) is 24.3 Å². The van der Waals surface area contributed by atoms with Crippen molar-refractivity contribution < 1.29 is 19.1 Å². The molecule has 154 valence electrons. The zero-order chi connectivity index (χ0) is 20.8. The molecule has 1 aliphatic heterocycles. The molecule has 2 aromatic rings. The minimum absolute atomic E-state index is 0.0171. The number of aromatic amines is 1. The maximum Gasteiger partial charge on any atom is 0.338 e. The van der Waals surface area contributed by atoms with Crippen LogP contribution in [-0.4, -0.2) is 39.1 Å². The van der Waals surface area contributed by atoms with Crippen LogP contribution in [0.2, 0.25) is 0 Å². The molecule has 3 atom stereocenters. The number of hydrogen-bond donors (Lipinski definition) is 1. The van der Waals surface area contributed by atoms with Crippen LogP contribution < -0.4 is 11.2 Å². The second-order valence-electron chi connectivity index (χ2n) is 6.74. The molecule has 1 aliphatic rings. The summed E-state index contributed by atoms with van der Waals surface area (Å²) in [4.78, 5) is 49.1. The van der Waals surface area contributed by atoms with Crippen LogP contribution in [0.25, 0.3) is 0 Å². The normalized spacial score (nSPS) is 21.1. The van der Waals surface area contributed by atoms with Crippen molar-refractivity contribution in [2.24, 2.45) is 5.92 Å². The fourth-order valence-electron chi connectivity index (χ4n) is 3.25. The Morgan fingerprint density at radius 1 is 1.24 bits per heavy atom. The Hall–Kier alpha value is -2.65. The van der Waals surface area contributed by atoms with Gasteiger partial charge in [0.05, 0.1) is 18.3 Å². The highest BCUT2D eigenvalue weighted by Gasteiger charge is 2.37. The van der Waals surface area contributed by atoms with Crippen molar-refractivity contribution >= 4 is 22.8 Å². The van der Waals surface area contributed by atoms with E-state index in [1.165, 1.54) is 35.5 Å². The number of rotatable bonds is 7. The van der Waals surface area contributed by atoms with E-state index >= 15 is 0 Å². The maximum atomic E-state index is 12.2. The number of ether oxygens (including phenoxy) is 2. The molecule has 0 saturated carbocycles. The first-order valence-corrected chi connectivity index (χ1v) is 10.2. The van der Waals surface area contributed by atoms with Gasteiger partial charge in [0, 0.05) is 37.3 Å². The molecule has 1 saturated heterocycles. The third-order valence-corrected chi connectivity index (χ3v) is 5.52. The highest BCUT2D eigenvalue weighted by Crippen LogP contribution is 2.35. The van der Waals surface area contributed by atoms with Crippen LogP contribution in [0.5, 0.6) is 0 Å². The van der Waals surface area contributed by atoms with Crippen LogP contribution in [0.1, 0.15) is 36.4 Å². The summed E-state index contributed by atoms with van der Waals surface area (Å²) >= 11 is 1.20. The Bertz CT molecular complexity index is 971. The second-order valence-corrected chi connectivity index (χ2v) is 8.01. The van der Waals surface area contributed by atoms with Gasteiger partial charge in [-0.15, -0.1) is 0 Å². The molecule has 29 heavy (non-hydrogen) atoms. The van der Waals surface area contributed by atoms with Gasteiger partial charge in [-0.25, -0.2) is 9.59 Å². The van der Waals surface area contributed by atoms with Gasteiger partial charge in [-0.05, 0) is 18.6 Å². The Morgan fingerprint density at radius 3 is 2.69 bits per heavy atom. The van der Waals surface area contributed by atoms with Gasteiger partial charge < -0.3 is 9.47 Å². The molecule has 0 aliphatic carbocycles. The largest absolute Gasteiger partial charge is 0.462 e. The lowest BCUT2D eigenvalue weighted by Gasteiger charge is -2.18. The van der Waals surface area contributed by atoms with Crippen molar-refractivity contribution in [3.63, 3.8) is 0 Å². The van der Waals surface area contributed by atoms with Crippen molar-refractivity contribution in [1.29, 1.82) is 0 Å². The van der Waals surface area contributed by atoms with Crippen LogP contribution in [0.4, 0.5) is 0 Å². The molecule has 0 bridgehead atoms. The van der Waals surface area contributed by atoms with E-state index in [-0.39, 0.29) is 23.7 Å². The van der Waals surface area contributed by atoms with Crippen molar-refractivity contribution in [2.75, 3.05) is 12.4 Å². The smallest absolute Gasteiger partial charge is 0.338 e. The summed E-state index contributed by atoms with van der Waals surface area (Å²) in [6.45, 7) is 1.64. The topological polar surface area (TPSA) is 107 Å². The molecule has 1 aromatic carbocycles. The average molecular weight is 418 g/mol. The van der Waals surface area contributed by atoms with Crippen LogP contribution in [0.3, 0.4) is 0 Å². The first-order valence-electron chi connectivity index (χ1n) is 9.26. The van der Waals surface area contributed by atoms with Gasteiger partial charge >= 0.3 is 11.7 Å². The summed E-state index contributed by atoms with van der Waals surface area (Å²) in [5, 5.41) is 0.0171. The van der Waals surface area contributed by atoms with Crippen LogP contribution in [-0.2, 0) is 14.3 Å². The Morgan fingerprint density at radius 2 is 2.00 bits per heavy atom. The quantitative estimate of drug-likeness (QED) is 0.685. The molecule has 3 rings (SSSR count). The Balaban J connectivity index is 1.69. The molecular weight excluding hydrogens is 396 g/mol. The third-order valence-electron chi connectivity index (χ3n) is 4.67. The summed E-state index contributed by atoms with van der Waals surface area (Å²) in [6.07, 6.45) is 1.56. The van der Waals surface area contributed by atoms with Gasteiger partial charge in [-0.3, -0.25) is 19.1 Å². The van der Waals surface area contributed by atoms with Gasteiger partial charge in [0.15, 0.2) is 5.12 Å². The van der Waals surface area contributed by atoms with Crippen molar-refractivity contribution in [3.8, 4) is 0 Å². The SMILES string of the molecule is CC(=O)SCC[C@H]1O[C@H](n2ccc(=O)[nH]c2=O)C[C@@H]1COC(=O)c1ccccc1. The van der Waals surface area contributed by atoms with Gasteiger partial charge in [0.2, 0.25) is 0 Å². The van der Waals surface area contributed by atoms with Crippen LogP contribution >= 0.6 is 11.8 Å². The first kappa shape index (κ1) is 21.1. The van der Waals surface area contributed by atoms with Gasteiger partial charge in [0.25, 0.3) is 5.56 Å². The molecule has 2 heterocycles. The molecule has 1 fully saturated rings. The van der Waals surface area contributed by atoms with Gasteiger partial charge in [-0.1, -0.05) is 30.0 Å². The van der Waals surface area contributed by atoms with E-state index < -0.39 is 23.4 Å². The van der Waals surface area contributed by atoms with E-state index in [0.717, 1.165) is 0 Å². The fraction of sp³-hybridized carbons (Fsp3) is 0.400. The number of carbonyl (C=O) groups excluding carboxylic acids is 2. The van der Waals surface area contributed by atoms with Crippen LogP contribution in [0.15, 0.2) is 52.2 Å². The van der Waals surface area contributed by atoms with Gasteiger partial charge in [-0.2, -0.15) is 0 Å². The zero-order valence-corrected chi connectivity index (χ0v) is 16.7. The van der Waals surface area contributed by atoms with Crippen molar-refractivity contribution in [3.05, 3.63) is 69.0 Å². The van der Waals surface area contributed by atoms with E-state index in [4.69, 9.17) is 9.47 Å². The molecule has 1 N–H and O–H groups in total. The Kier molecular flexibility index (Phi) is 7.05. The van der Waals surface area contributed by atoms with E-state index in [9.17, 15) is 19.2 Å². The van der Waals surface area contributed by atoms with Crippen molar-refractivity contribution in [2.45, 2.75) is 32.1 Å². The minimum atomic E-state index is -0.577. The Labute approximate surface area is 171 Å². The lowest BCUT2D eigenvalue weighted by molar-refractivity contribution is -0.109. The maximum absolute atomic E-state index is 12.2. The number of carbonyl (C=O) groups is 2. The predicted molar refractivity (Wildman–Crippen MR) is 108 cm³/mol. The number of benzene rings is 1. The average Bonchev–Trinajstić information content (AvgIpc) is 3.09. The molecule has 0 unspecified atom stereocenters. The summed E-state index contributed by atoms with van der Waals surface area (Å²) in [5.41, 5.74) is -0.572. The summed E-state index contributed by atoms with van der Waals surface area (Å²) in [7, 11) is 0. The molecule has 8 nitrogen and oxygen atoms in total. The number of nitrogens with zero attached hydrogens (tertiary/aromatic N) is 1. The highest BCUT2D eigenvalue weighted by molar-refractivity contribution is 8.13. The third kappa shape index (κ3) is 5.68. The molecular formula is C20H22N2O6S. The minimum Gasteiger partial charge on any atom is -0.462 e. The number of nitrogens with one attached hydrogen (secondary N) is 1.